The number of rotatable bonds is 5. The maximum absolute atomic E-state index is 5.09. The van der Waals surface area contributed by atoms with Gasteiger partial charge in [0.15, 0.2) is 0 Å². The minimum atomic E-state index is 0.974. The second-order valence-electron chi connectivity index (χ2n) is 7.28. The van der Waals surface area contributed by atoms with Crippen molar-refractivity contribution >= 4 is 27.7 Å². The Kier molecular flexibility index (Phi) is 5.29. The molecule has 0 aliphatic carbocycles. The van der Waals surface area contributed by atoms with Crippen LogP contribution in [0.2, 0.25) is 0 Å². The molecule has 3 aromatic carbocycles. The van der Waals surface area contributed by atoms with Crippen LogP contribution in [0.3, 0.4) is 0 Å². The number of benzene rings is 3. The minimum Gasteiger partial charge on any atom is -0.300 e. The average molecular weight is 420 g/mol. The smallest absolute Gasteiger partial charge is 0.129 e. The lowest BCUT2D eigenvalue weighted by molar-refractivity contribution is 1.28. The zero-order chi connectivity index (χ0) is 21.0. The lowest BCUT2D eigenvalue weighted by atomic mass is 10.1. The van der Waals surface area contributed by atoms with Crippen LogP contribution in [0.15, 0.2) is 109 Å². The van der Waals surface area contributed by atoms with Crippen LogP contribution in [-0.4, -0.2) is 9.97 Å². The Morgan fingerprint density at radius 3 is 1.94 bits per heavy atom. The SMILES string of the molecule is Cc1ccc(N(c2ccccc2)c2sc(-c3ccncc3)nc2-c2ccccc2)cc1. The first kappa shape index (κ1) is 19.2. The summed E-state index contributed by atoms with van der Waals surface area (Å²) in [5.74, 6) is 0. The van der Waals surface area contributed by atoms with Gasteiger partial charge in [-0.15, -0.1) is 0 Å². The van der Waals surface area contributed by atoms with Crippen molar-refractivity contribution < 1.29 is 0 Å². The van der Waals surface area contributed by atoms with Gasteiger partial charge in [0.1, 0.15) is 15.7 Å². The summed E-state index contributed by atoms with van der Waals surface area (Å²) in [6.07, 6.45) is 3.63. The zero-order valence-electron chi connectivity index (χ0n) is 17.1. The van der Waals surface area contributed by atoms with E-state index in [-0.39, 0.29) is 0 Å². The van der Waals surface area contributed by atoms with Gasteiger partial charge in [0.2, 0.25) is 0 Å². The van der Waals surface area contributed by atoms with E-state index in [2.05, 4.69) is 89.6 Å². The molecule has 3 nitrogen and oxygen atoms in total. The third-order valence-electron chi connectivity index (χ3n) is 5.09. The van der Waals surface area contributed by atoms with Gasteiger partial charge in [-0.2, -0.15) is 0 Å². The van der Waals surface area contributed by atoms with Crippen LogP contribution in [0.5, 0.6) is 0 Å². The highest BCUT2D eigenvalue weighted by atomic mass is 32.1. The van der Waals surface area contributed by atoms with Gasteiger partial charge in [-0.1, -0.05) is 77.6 Å². The summed E-state index contributed by atoms with van der Waals surface area (Å²) in [5, 5.41) is 2.07. The number of pyridine rings is 1. The summed E-state index contributed by atoms with van der Waals surface area (Å²) in [5.41, 5.74) is 6.60. The summed E-state index contributed by atoms with van der Waals surface area (Å²) < 4.78 is 0. The molecule has 0 amide bonds. The molecule has 0 saturated heterocycles. The van der Waals surface area contributed by atoms with Crippen LogP contribution >= 0.6 is 11.3 Å². The van der Waals surface area contributed by atoms with Gasteiger partial charge in [0.05, 0.1) is 0 Å². The van der Waals surface area contributed by atoms with Crippen molar-refractivity contribution in [3.63, 3.8) is 0 Å². The van der Waals surface area contributed by atoms with Crippen LogP contribution in [0.4, 0.5) is 16.4 Å². The first-order valence-corrected chi connectivity index (χ1v) is 11.0. The molecule has 0 aliphatic rings. The molecule has 0 unspecified atom stereocenters. The third kappa shape index (κ3) is 3.98. The van der Waals surface area contributed by atoms with Gasteiger partial charge in [-0.3, -0.25) is 4.98 Å². The number of thiazole rings is 1. The van der Waals surface area contributed by atoms with E-state index in [0.717, 1.165) is 38.2 Å². The van der Waals surface area contributed by atoms with Crippen molar-refractivity contribution in [2.45, 2.75) is 6.92 Å². The maximum Gasteiger partial charge on any atom is 0.129 e. The van der Waals surface area contributed by atoms with Gasteiger partial charge >= 0.3 is 0 Å². The van der Waals surface area contributed by atoms with Gasteiger partial charge < -0.3 is 4.90 Å². The zero-order valence-corrected chi connectivity index (χ0v) is 18.0. The Bertz CT molecular complexity index is 1260. The van der Waals surface area contributed by atoms with Crippen molar-refractivity contribution in [3.8, 4) is 21.8 Å². The summed E-state index contributed by atoms with van der Waals surface area (Å²) in [6, 6.07) is 33.5. The van der Waals surface area contributed by atoms with Crippen molar-refractivity contribution in [2.75, 3.05) is 4.90 Å². The van der Waals surface area contributed by atoms with Crippen molar-refractivity contribution in [3.05, 3.63) is 115 Å². The van der Waals surface area contributed by atoms with E-state index >= 15 is 0 Å². The number of aryl methyl sites for hydroxylation is 1. The first-order chi connectivity index (χ1) is 15.3. The standard InChI is InChI=1S/C27H21N3S/c1-20-12-14-24(15-13-20)30(23-10-6-3-7-11-23)27-25(21-8-4-2-5-9-21)29-26(31-27)22-16-18-28-19-17-22/h2-19H,1H3. The van der Waals surface area contributed by atoms with Crippen LogP contribution in [-0.2, 0) is 0 Å². The average Bonchev–Trinajstić information content (AvgIpc) is 3.27. The predicted molar refractivity (Wildman–Crippen MR) is 130 cm³/mol. The molecule has 2 heterocycles. The first-order valence-electron chi connectivity index (χ1n) is 10.2. The molecule has 0 fully saturated rings. The topological polar surface area (TPSA) is 29.0 Å². The third-order valence-corrected chi connectivity index (χ3v) is 6.18. The fourth-order valence-electron chi connectivity index (χ4n) is 3.52. The Hall–Kier alpha value is -3.76. The van der Waals surface area contributed by atoms with E-state index in [9.17, 15) is 0 Å². The van der Waals surface area contributed by atoms with Crippen molar-refractivity contribution in [1.82, 2.24) is 9.97 Å². The lowest BCUT2D eigenvalue weighted by Gasteiger charge is -2.24. The highest BCUT2D eigenvalue weighted by molar-refractivity contribution is 7.19. The fraction of sp³-hybridized carbons (Fsp3) is 0.0370. The number of anilines is 3. The van der Waals surface area contributed by atoms with E-state index in [0.29, 0.717) is 0 Å². The summed E-state index contributed by atoms with van der Waals surface area (Å²) in [6.45, 7) is 2.11. The predicted octanol–water partition coefficient (Wildman–Crippen LogP) is 7.65. The van der Waals surface area contributed by atoms with E-state index in [4.69, 9.17) is 4.98 Å². The number of para-hydroxylation sites is 1. The fourth-order valence-corrected chi connectivity index (χ4v) is 4.66. The Morgan fingerprint density at radius 2 is 1.26 bits per heavy atom. The highest BCUT2D eigenvalue weighted by Crippen LogP contribution is 2.46. The summed E-state index contributed by atoms with van der Waals surface area (Å²) in [4.78, 5) is 11.5. The Morgan fingerprint density at radius 1 is 0.645 bits per heavy atom. The molecule has 0 aliphatic heterocycles. The molecule has 2 aromatic heterocycles. The van der Waals surface area contributed by atoms with E-state index < -0.39 is 0 Å². The molecule has 0 saturated carbocycles. The molecule has 5 rings (SSSR count). The van der Waals surface area contributed by atoms with Gasteiger partial charge in [0.25, 0.3) is 0 Å². The lowest BCUT2D eigenvalue weighted by Crippen LogP contribution is -2.09. The second kappa shape index (κ2) is 8.54. The molecular weight excluding hydrogens is 398 g/mol. The number of hydrogen-bond donors (Lipinski definition) is 0. The molecule has 0 radical (unpaired) electrons. The molecule has 0 atom stereocenters. The quantitative estimate of drug-likeness (QED) is 0.293. The summed E-state index contributed by atoms with van der Waals surface area (Å²) in [7, 11) is 0. The van der Waals surface area contributed by atoms with Gasteiger partial charge in [-0.05, 0) is 43.3 Å². The van der Waals surface area contributed by atoms with Crippen molar-refractivity contribution in [1.29, 1.82) is 0 Å². The maximum atomic E-state index is 5.09. The van der Waals surface area contributed by atoms with Crippen LogP contribution in [0.1, 0.15) is 5.56 Å². The van der Waals surface area contributed by atoms with Crippen LogP contribution < -0.4 is 4.90 Å². The van der Waals surface area contributed by atoms with E-state index in [1.54, 1.807) is 11.3 Å². The van der Waals surface area contributed by atoms with Gasteiger partial charge in [0, 0.05) is 34.9 Å². The largest absolute Gasteiger partial charge is 0.300 e. The number of nitrogens with zero attached hydrogens (tertiary/aromatic N) is 3. The molecule has 0 spiro atoms. The monoisotopic (exact) mass is 419 g/mol. The number of aromatic nitrogens is 2. The molecule has 0 bridgehead atoms. The van der Waals surface area contributed by atoms with E-state index in [1.165, 1.54) is 5.56 Å². The van der Waals surface area contributed by atoms with Crippen molar-refractivity contribution in [2.24, 2.45) is 0 Å². The summed E-state index contributed by atoms with van der Waals surface area (Å²) >= 11 is 1.70. The highest BCUT2D eigenvalue weighted by Gasteiger charge is 2.22. The molecule has 5 aromatic rings. The number of hydrogen-bond acceptors (Lipinski definition) is 4. The van der Waals surface area contributed by atoms with Crippen LogP contribution in [0.25, 0.3) is 21.8 Å². The second-order valence-corrected chi connectivity index (χ2v) is 8.26. The Labute approximate surface area is 186 Å². The minimum absolute atomic E-state index is 0.974. The van der Waals surface area contributed by atoms with Gasteiger partial charge in [-0.25, -0.2) is 4.98 Å². The van der Waals surface area contributed by atoms with Crippen LogP contribution in [0, 0.1) is 6.92 Å². The van der Waals surface area contributed by atoms with E-state index in [1.807, 2.05) is 36.7 Å². The normalized spacial score (nSPS) is 10.7. The molecule has 31 heavy (non-hydrogen) atoms. The molecule has 4 heteroatoms. The molecular formula is C27H21N3S. The molecule has 150 valence electrons. The molecule has 0 N–H and O–H groups in total. The Balaban J connectivity index is 1.75.